The Morgan fingerprint density at radius 1 is 1.19 bits per heavy atom. The predicted molar refractivity (Wildman–Crippen MR) is 122 cm³/mol. The van der Waals surface area contributed by atoms with E-state index < -0.39 is 5.97 Å². The molecule has 0 saturated carbocycles. The van der Waals surface area contributed by atoms with E-state index in [9.17, 15) is 14.7 Å². The van der Waals surface area contributed by atoms with Crippen LogP contribution in [0.2, 0.25) is 0 Å². The maximum Gasteiger partial charge on any atom is 0.342 e. The maximum absolute atomic E-state index is 12.5. The van der Waals surface area contributed by atoms with Gasteiger partial charge in [0.05, 0.1) is 34.9 Å². The molecule has 1 heterocycles. The summed E-state index contributed by atoms with van der Waals surface area (Å²) in [5, 5.41) is 13.0. The highest BCUT2D eigenvalue weighted by Gasteiger charge is 2.21. The fourth-order valence-electron chi connectivity index (χ4n) is 3.39. The number of nitrogens with two attached hydrogens (primary N) is 1. The summed E-state index contributed by atoms with van der Waals surface area (Å²) < 4.78 is 11.1. The topological polar surface area (TPSA) is 124 Å². The number of phenols is 1. The molecular formula is C24H27N3O5. The second kappa shape index (κ2) is 10.00. The van der Waals surface area contributed by atoms with E-state index in [1.54, 1.807) is 44.2 Å². The molecule has 2 aromatic carbocycles. The number of carbonyl (C=O) groups excluding carboxylic acids is 2. The molecule has 3 rings (SSSR count). The quantitative estimate of drug-likeness (QED) is 0.460. The third kappa shape index (κ3) is 4.91. The van der Waals surface area contributed by atoms with Crippen LogP contribution in [0.1, 0.15) is 46.7 Å². The van der Waals surface area contributed by atoms with Gasteiger partial charge in [0.25, 0.3) is 5.91 Å². The highest BCUT2D eigenvalue weighted by molar-refractivity contribution is 6.07. The monoisotopic (exact) mass is 437 g/mol. The molecule has 0 saturated heterocycles. The average molecular weight is 437 g/mol. The van der Waals surface area contributed by atoms with Gasteiger partial charge >= 0.3 is 5.97 Å². The molecule has 1 amide bonds. The lowest BCUT2D eigenvalue weighted by molar-refractivity contribution is 0.0526. The molecule has 0 aliphatic carbocycles. The van der Waals surface area contributed by atoms with Gasteiger partial charge in [-0.1, -0.05) is 19.1 Å². The number of pyridine rings is 1. The van der Waals surface area contributed by atoms with Gasteiger partial charge in [0.15, 0.2) is 0 Å². The molecule has 4 N–H and O–H groups in total. The number of aryl methyl sites for hydroxylation is 1. The number of nitrogen functional groups attached to an aromatic ring is 1. The lowest BCUT2D eigenvalue weighted by Gasteiger charge is -2.19. The highest BCUT2D eigenvalue weighted by atomic mass is 16.5. The van der Waals surface area contributed by atoms with E-state index in [1.165, 1.54) is 12.1 Å². The minimum atomic E-state index is -0.531. The van der Waals surface area contributed by atoms with E-state index in [1.807, 2.05) is 6.92 Å². The summed E-state index contributed by atoms with van der Waals surface area (Å²) in [7, 11) is 0. The maximum atomic E-state index is 12.5. The molecule has 8 nitrogen and oxygen atoms in total. The lowest BCUT2D eigenvalue weighted by Crippen LogP contribution is -2.38. The number of ether oxygens (including phenoxy) is 2. The Labute approximate surface area is 186 Å². The Morgan fingerprint density at radius 2 is 1.94 bits per heavy atom. The van der Waals surface area contributed by atoms with Crippen molar-refractivity contribution in [1.82, 2.24) is 10.3 Å². The first kappa shape index (κ1) is 22.9. The minimum Gasteiger partial charge on any atom is -0.508 e. The Kier molecular flexibility index (Phi) is 7.14. The molecule has 0 aliphatic heterocycles. The van der Waals surface area contributed by atoms with Crippen molar-refractivity contribution in [3.8, 4) is 11.5 Å². The second-order valence-electron chi connectivity index (χ2n) is 7.30. The number of aromatic hydroxyl groups is 1. The summed E-state index contributed by atoms with van der Waals surface area (Å²) in [5.41, 5.74) is 8.26. The van der Waals surface area contributed by atoms with Crippen LogP contribution in [0.4, 0.5) is 5.69 Å². The summed E-state index contributed by atoms with van der Waals surface area (Å²) >= 11 is 0. The van der Waals surface area contributed by atoms with Crippen molar-refractivity contribution < 1.29 is 24.2 Å². The summed E-state index contributed by atoms with van der Waals surface area (Å²) in [6.45, 7) is 5.77. The van der Waals surface area contributed by atoms with Gasteiger partial charge in [-0.3, -0.25) is 9.78 Å². The number of carbonyl (C=O) groups is 2. The van der Waals surface area contributed by atoms with Crippen molar-refractivity contribution in [3.05, 3.63) is 59.3 Å². The van der Waals surface area contributed by atoms with Crippen molar-refractivity contribution >= 4 is 28.5 Å². The van der Waals surface area contributed by atoms with Gasteiger partial charge in [0, 0.05) is 5.56 Å². The second-order valence-corrected chi connectivity index (χ2v) is 7.30. The largest absolute Gasteiger partial charge is 0.508 e. The van der Waals surface area contributed by atoms with Crippen molar-refractivity contribution in [2.45, 2.75) is 33.2 Å². The molecule has 32 heavy (non-hydrogen) atoms. The van der Waals surface area contributed by atoms with E-state index in [4.69, 9.17) is 15.2 Å². The van der Waals surface area contributed by atoms with Crippen LogP contribution in [-0.2, 0) is 4.74 Å². The van der Waals surface area contributed by atoms with Crippen molar-refractivity contribution in [2.24, 2.45) is 0 Å². The van der Waals surface area contributed by atoms with Gasteiger partial charge in [-0.25, -0.2) is 4.79 Å². The van der Waals surface area contributed by atoms with Crippen LogP contribution >= 0.6 is 0 Å². The number of esters is 1. The third-order valence-corrected chi connectivity index (χ3v) is 5.05. The number of benzene rings is 2. The number of aromatic nitrogens is 1. The van der Waals surface area contributed by atoms with Crippen LogP contribution in [0.5, 0.6) is 11.5 Å². The van der Waals surface area contributed by atoms with Gasteiger partial charge < -0.3 is 25.6 Å². The SMILES string of the molecule is CCOC(=O)c1c(C)nc2cccc(OC[C@H](CC)NC(=O)c3cccc(O)c3)c2c1N. The van der Waals surface area contributed by atoms with E-state index in [-0.39, 0.29) is 42.2 Å². The molecular weight excluding hydrogens is 410 g/mol. The van der Waals surface area contributed by atoms with Crippen LogP contribution < -0.4 is 15.8 Å². The van der Waals surface area contributed by atoms with E-state index in [2.05, 4.69) is 10.3 Å². The smallest absolute Gasteiger partial charge is 0.342 e. The fourth-order valence-corrected chi connectivity index (χ4v) is 3.39. The van der Waals surface area contributed by atoms with Crippen LogP contribution in [-0.4, -0.2) is 41.2 Å². The van der Waals surface area contributed by atoms with Gasteiger partial charge in [-0.05, 0) is 50.6 Å². The highest BCUT2D eigenvalue weighted by Crippen LogP contribution is 2.34. The number of amides is 1. The van der Waals surface area contributed by atoms with Crippen LogP contribution in [0.3, 0.4) is 0 Å². The Hall–Kier alpha value is -3.81. The standard InChI is InChI=1S/C24H27N3O5/c1-4-16(27-23(29)15-8-6-9-17(28)12-15)13-32-19-11-7-10-18-21(19)22(25)20(14(3)26-18)24(30)31-5-2/h6-12,16,28H,4-5,13H2,1-3H3,(H2,25,26)(H,27,29)/t16-/m0/s1. The first-order chi connectivity index (χ1) is 15.3. The zero-order valence-electron chi connectivity index (χ0n) is 18.3. The molecule has 1 atom stereocenters. The first-order valence-electron chi connectivity index (χ1n) is 10.4. The summed E-state index contributed by atoms with van der Waals surface area (Å²) in [5.74, 6) is -0.358. The molecule has 168 valence electrons. The van der Waals surface area contributed by atoms with E-state index in [0.717, 1.165) is 0 Å². The van der Waals surface area contributed by atoms with Crippen molar-refractivity contribution in [3.63, 3.8) is 0 Å². The number of rotatable bonds is 8. The minimum absolute atomic E-state index is 0.0216. The average Bonchev–Trinajstić information content (AvgIpc) is 2.76. The van der Waals surface area contributed by atoms with Crippen LogP contribution in [0, 0.1) is 6.92 Å². The van der Waals surface area contributed by atoms with Gasteiger partial charge in [0.2, 0.25) is 0 Å². The van der Waals surface area contributed by atoms with Crippen molar-refractivity contribution in [1.29, 1.82) is 0 Å². The zero-order chi connectivity index (χ0) is 23.3. The number of phenolic OH excluding ortho intramolecular Hbond substituents is 1. The molecule has 1 aromatic heterocycles. The first-order valence-corrected chi connectivity index (χ1v) is 10.4. The predicted octanol–water partition coefficient (Wildman–Crippen LogP) is 3.60. The van der Waals surface area contributed by atoms with E-state index in [0.29, 0.717) is 34.3 Å². The Morgan fingerprint density at radius 3 is 2.62 bits per heavy atom. The molecule has 0 spiro atoms. The summed E-state index contributed by atoms with van der Waals surface area (Å²) in [6, 6.07) is 11.2. The fraction of sp³-hybridized carbons (Fsp3) is 0.292. The van der Waals surface area contributed by atoms with Gasteiger partial charge in [0.1, 0.15) is 23.7 Å². The number of fused-ring (bicyclic) bond motifs is 1. The van der Waals surface area contributed by atoms with Crippen LogP contribution in [0.25, 0.3) is 10.9 Å². The number of nitrogens with zero attached hydrogens (tertiary/aromatic N) is 1. The van der Waals surface area contributed by atoms with E-state index >= 15 is 0 Å². The zero-order valence-corrected chi connectivity index (χ0v) is 18.3. The molecule has 0 unspecified atom stereocenters. The Bertz CT molecular complexity index is 1150. The van der Waals surface area contributed by atoms with Crippen molar-refractivity contribution in [2.75, 3.05) is 18.9 Å². The molecule has 0 radical (unpaired) electrons. The molecule has 0 bridgehead atoms. The Balaban J connectivity index is 1.83. The number of hydrogen-bond donors (Lipinski definition) is 3. The summed E-state index contributed by atoms with van der Waals surface area (Å²) in [4.78, 5) is 29.4. The summed E-state index contributed by atoms with van der Waals surface area (Å²) in [6.07, 6.45) is 0.621. The van der Waals surface area contributed by atoms with Gasteiger partial charge in [-0.2, -0.15) is 0 Å². The molecule has 8 heteroatoms. The van der Waals surface area contributed by atoms with Crippen LogP contribution in [0.15, 0.2) is 42.5 Å². The third-order valence-electron chi connectivity index (χ3n) is 5.05. The molecule has 0 aliphatic rings. The number of nitrogens with one attached hydrogen (secondary N) is 1. The molecule has 0 fully saturated rings. The normalized spacial score (nSPS) is 11.7. The molecule has 3 aromatic rings. The number of anilines is 1. The number of hydrogen-bond acceptors (Lipinski definition) is 7. The lowest BCUT2D eigenvalue weighted by atomic mass is 10.1. The van der Waals surface area contributed by atoms with Gasteiger partial charge in [-0.15, -0.1) is 0 Å².